The molecule has 122 valence electrons. The zero-order valence-electron chi connectivity index (χ0n) is 10.8. The summed E-state index contributed by atoms with van der Waals surface area (Å²) in [6.07, 6.45) is 0.233. The lowest BCUT2D eigenvalue weighted by Gasteiger charge is -2.23. The van der Waals surface area contributed by atoms with E-state index in [-0.39, 0.29) is 12.0 Å². The Morgan fingerprint density at radius 2 is 1.67 bits per heavy atom. The largest absolute Gasteiger partial charge is 0.490 e. The molecular formula is C6H15BNO10P3. The third-order valence-electron chi connectivity index (χ3n) is 2.50. The number of phosphoric ester groups is 1. The van der Waals surface area contributed by atoms with Gasteiger partial charge in [-0.15, -0.1) is 0 Å². The number of hydrogen-bond acceptors (Lipinski definition) is 7. The van der Waals surface area contributed by atoms with Crippen LogP contribution in [0.25, 0.3) is 0 Å². The van der Waals surface area contributed by atoms with Crippen LogP contribution in [0.3, 0.4) is 0 Å². The molecule has 2 radical (unpaired) electrons. The Balaban J connectivity index is 2.62. The molecule has 0 aromatic heterocycles. The minimum Gasteiger partial charge on any atom is -0.317 e. The highest BCUT2D eigenvalue weighted by molar-refractivity contribution is 7.66. The highest BCUT2D eigenvalue weighted by Gasteiger charge is 2.42. The topological polar surface area (TPSA) is 172 Å². The van der Waals surface area contributed by atoms with E-state index < -0.39 is 29.6 Å². The van der Waals surface area contributed by atoms with Gasteiger partial charge in [-0.05, 0) is 25.7 Å². The molecule has 21 heavy (non-hydrogen) atoms. The number of nitrogens with one attached hydrogen (secondary N) is 1. The van der Waals surface area contributed by atoms with E-state index in [1.165, 1.54) is 6.92 Å². The molecule has 5 atom stereocenters. The normalized spacial score (nSPS) is 30.5. The Morgan fingerprint density at radius 1 is 1.10 bits per heavy atom. The van der Waals surface area contributed by atoms with Gasteiger partial charge in [0.1, 0.15) is 0 Å². The molecule has 1 rings (SSSR count). The standard InChI is InChI=1S/C6H15BNO10P3/c1-4(5-2-3-6(7)8-5)16-20(12,13)18-21(14,15)17-19(9,10)11/h4-6,8H,2-3H2,1H3,(H,12,13)(H,14,15)(H2,9,10,11). The van der Waals surface area contributed by atoms with Crippen molar-refractivity contribution in [2.45, 2.75) is 37.9 Å². The molecule has 5 N–H and O–H groups in total. The molecule has 1 aliphatic rings. The van der Waals surface area contributed by atoms with E-state index in [1.54, 1.807) is 0 Å². The van der Waals surface area contributed by atoms with Crippen LogP contribution in [0.4, 0.5) is 0 Å². The van der Waals surface area contributed by atoms with Crippen molar-refractivity contribution in [1.29, 1.82) is 0 Å². The van der Waals surface area contributed by atoms with Gasteiger partial charge in [0.2, 0.25) is 0 Å². The lowest BCUT2D eigenvalue weighted by molar-refractivity contribution is 0.114. The Hall–Kier alpha value is 0.435. The maximum Gasteiger partial charge on any atom is 0.490 e. The van der Waals surface area contributed by atoms with E-state index in [0.29, 0.717) is 12.8 Å². The zero-order valence-corrected chi connectivity index (χ0v) is 13.5. The molecule has 11 nitrogen and oxygen atoms in total. The first-order valence-electron chi connectivity index (χ1n) is 5.63. The van der Waals surface area contributed by atoms with Crippen LogP contribution >= 0.6 is 23.5 Å². The van der Waals surface area contributed by atoms with Gasteiger partial charge >= 0.3 is 23.5 Å². The number of rotatable bonds is 7. The maximum absolute atomic E-state index is 11.6. The average molecular weight is 365 g/mol. The average Bonchev–Trinajstić information content (AvgIpc) is 2.57. The van der Waals surface area contributed by atoms with Crippen LogP contribution in [0.5, 0.6) is 0 Å². The third-order valence-corrected chi connectivity index (χ3v) is 6.43. The van der Waals surface area contributed by atoms with Crippen LogP contribution < -0.4 is 5.32 Å². The highest BCUT2D eigenvalue weighted by Crippen LogP contribution is 2.66. The molecule has 0 spiro atoms. The van der Waals surface area contributed by atoms with Crippen molar-refractivity contribution in [2.75, 3.05) is 0 Å². The monoisotopic (exact) mass is 365 g/mol. The molecule has 0 aromatic rings. The summed E-state index contributed by atoms with van der Waals surface area (Å²) in [5.41, 5.74) is 0. The SMILES string of the molecule is [B]C1CCC(C(C)OP(=O)(O)OP(=O)(O)OP(=O)(O)O)N1. The van der Waals surface area contributed by atoms with Crippen LogP contribution in [0.1, 0.15) is 19.8 Å². The summed E-state index contributed by atoms with van der Waals surface area (Å²) >= 11 is 0. The molecule has 15 heteroatoms. The molecule has 0 saturated carbocycles. The third kappa shape index (κ3) is 7.50. The van der Waals surface area contributed by atoms with Crippen LogP contribution in [-0.2, 0) is 26.8 Å². The summed E-state index contributed by atoms with van der Waals surface area (Å²) in [6, 6.07) is -0.384. The molecule has 0 amide bonds. The fraction of sp³-hybridized carbons (Fsp3) is 1.00. The fourth-order valence-electron chi connectivity index (χ4n) is 1.75. The Kier molecular flexibility index (Phi) is 6.41. The lowest BCUT2D eigenvalue weighted by Crippen LogP contribution is -2.38. The second kappa shape index (κ2) is 6.90. The molecule has 0 bridgehead atoms. The summed E-state index contributed by atoms with van der Waals surface area (Å²) in [5.74, 6) is -0.304. The van der Waals surface area contributed by atoms with Crippen molar-refractivity contribution in [3.63, 3.8) is 0 Å². The van der Waals surface area contributed by atoms with Gasteiger partial charge < -0.3 is 24.9 Å². The van der Waals surface area contributed by atoms with E-state index in [4.69, 9.17) is 22.5 Å². The molecular weight excluding hydrogens is 350 g/mol. The summed E-state index contributed by atoms with van der Waals surface area (Å²) in [6.45, 7) is 1.40. The minimum atomic E-state index is -5.48. The fourth-order valence-corrected chi connectivity index (χ4v) is 4.98. The lowest BCUT2D eigenvalue weighted by atomic mass is 9.95. The maximum atomic E-state index is 11.6. The van der Waals surface area contributed by atoms with Crippen molar-refractivity contribution in [3.05, 3.63) is 0 Å². The number of hydrogen-bond donors (Lipinski definition) is 5. The Morgan fingerprint density at radius 3 is 2.10 bits per heavy atom. The first-order valence-corrected chi connectivity index (χ1v) is 10.2. The van der Waals surface area contributed by atoms with Gasteiger partial charge in [0.25, 0.3) is 0 Å². The first kappa shape index (κ1) is 19.5. The molecule has 1 heterocycles. The van der Waals surface area contributed by atoms with Gasteiger partial charge in [-0.2, -0.15) is 8.62 Å². The Labute approximate surface area is 121 Å². The molecule has 1 saturated heterocycles. The van der Waals surface area contributed by atoms with Gasteiger partial charge in [0.15, 0.2) is 0 Å². The highest BCUT2D eigenvalue weighted by atomic mass is 31.3. The van der Waals surface area contributed by atoms with Crippen molar-refractivity contribution >= 4 is 31.3 Å². The molecule has 5 unspecified atom stereocenters. The quantitative estimate of drug-likeness (QED) is 0.303. The van der Waals surface area contributed by atoms with Crippen molar-refractivity contribution in [2.24, 2.45) is 0 Å². The second-order valence-corrected chi connectivity index (χ2v) is 8.73. The second-order valence-electron chi connectivity index (χ2n) is 4.36. The van der Waals surface area contributed by atoms with Crippen molar-refractivity contribution in [3.8, 4) is 0 Å². The van der Waals surface area contributed by atoms with E-state index in [2.05, 4.69) is 18.5 Å². The van der Waals surface area contributed by atoms with E-state index in [0.717, 1.165) is 0 Å². The summed E-state index contributed by atoms with van der Waals surface area (Å²) < 4.78 is 44.9. The molecule has 1 fully saturated rings. The van der Waals surface area contributed by atoms with Gasteiger partial charge in [-0.25, -0.2) is 13.7 Å². The Bertz CT molecular complexity index is 509. The summed E-state index contributed by atoms with van der Waals surface area (Å²) in [5, 5.41) is 2.85. The zero-order chi connectivity index (χ0) is 16.5. The van der Waals surface area contributed by atoms with Crippen molar-refractivity contribution in [1.82, 2.24) is 5.32 Å². The van der Waals surface area contributed by atoms with Gasteiger partial charge in [0.05, 0.1) is 14.0 Å². The van der Waals surface area contributed by atoms with E-state index in [1.807, 2.05) is 0 Å². The number of phosphoric acid groups is 3. The van der Waals surface area contributed by atoms with Gasteiger partial charge in [-0.3, -0.25) is 4.52 Å². The molecule has 0 aromatic carbocycles. The van der Waals surface area contributed by atoms with Gasteiger partial charge in [0, 0.05) is 6.04 Å². The predicted molar refractivity (Wildman–Crippen MR) is 70.1 cm³/mol. The van der Waals surface area contributed by atoms with E-state index in [9.17, 15) is 18.6 Å². The molecule has 1 aliphatic heterocycles. The smallest absolute Gasteiger partial charge is 0.317 e. The van der Waals surface area contributed by atoms with E-state index >= 15 is 0 Å². The minimum absolute atomic E-state index is 0.304. The van der Waals surface area contributed by atoms with Crippen LogP contribution in [0, 0.1) is 0 Å². The van der Waals surface area contributed by atoms with Crippen LogP contribution in [0.15, 0.2) is 0 Å². The summed E-state index contributed by atoms with van der Waals surface area (Å²) in [4.78, 5) is 35.1. The summed E-state index contributed by atoms with van der Waals surface area (Å²) in [7, 11) is -10.4. The van der Waals surface area contributed by atoms with Gasteiger partial charge in [-0.1, -0.05) is 0 Å². The predicted octanol–water partition coefficient (Wildman–Crippen LogP) is -0.0352. The molecule has 0 aliphatic carbocycles. The van der Waals surface area contributed by atoms with Crippen LogP contribution in [-0.4, -0.2) is 45.5 Å². The first-order chi connectivity index (χ1) is 9.30. The van der Waals surface area contributed by atoms with Crippen LogP contribution in [0.2, 0.25) is 0 Å². The van der Waals surface area contributed by atoms with Crippen molar-refractivity contribution < 1.29 is 46.4 Å².